The summed E-state index contributed by atoms with van der Waals surface area (Å²) in [5.41, 5.74) is 4.95. The first-order chi connectivity index (χ1) is 11.7. The molecule has 1 aromatic carbocycles. The van der Waals surface area contributed by atoms with Gasteiger partial charge in [-0.1, -0.05) is 30.3 Å². The molecule has 0 aliphatic carbocycles. The standard InChI is InChI=1S/C17H21N3O5/c1-11(14(18)22)25-13(21)10-20-15(23)17(2,19-16(20)24)9-8-12-6-4-3-5-7-12/h3-7,11H,8-10H2,1-2H3,(H2,18,22)(H,19,24)/t11-,17+/m0/s1. The number of nitrogens with two attached hydrogens (primary N) is 1. The summed E-state index contributed by atoms with van der Waals surface area (Å²) in [4.78, 5) is 48.1. The van der Waals surface area contributed by atoms with E-state index in [9.17, 15) is 19.2 Å². The van der Waals surface area contributed by atoms with Gasteiger partial charge in [0.05, 0.1) is 0 Å². The maximum absolute atomic E-state index is 12.6. The smallest absolute Gasteiger partial charge is 0.327 e. The minimum atomic E-state index is -1.13. The van der Waals surface area contributed by atoms with Crippen LogP contribution in [0.3, 0.4) is 0 Å². The van der Waals surface area contributed by atoms with Crippen LogP contribution in [0.2, 0.25) is 0 Å². The van der Waals surface area contributed by atoms with Crippen molar-refractivity contribution >= 4 is 23.8 Å². The topological polar surface area (TPSA) is 119 Å². The zero-order valence-electron chi connectivity index (χ0n) is 14.2. The Balaban J connectivity index is 1.98. The van der Waals surface area contributed by atoms with Crippen LogP contribution in [0.15, 0.2) is 30.3 Å². The molecular weight excluding hydrogens is 326 g/mol. The number of carbonyl (C=O) groups excluding carboxylic acids is 4. The van der Waals surface area contributed by atoms with E-state index in [2.05, 4.69) is 5.32 Å². The van der Waals surface area contributed by atoms with Crippen LogP contribution in [0.4, 0.5) is 4.79 Å². The molecule has 8 heteroatoms. The number of benzene rings is 1. The molecule has 0 spiro atoms. The summed E-state index contributed by atoms with van der Waals surface area (Å²) in [6.45, 7) is 2.37. The summed E-state index contributed by atoms with van der Waals surface area (Å²) >= 11 is 0. The number of aryl methyl sites for hydroxylation is 1. The minimum absolute atomic E-state index is 0.394. The monoisotopic (exact) mass is 347 g/mol. The normalized spacial score (nSPS) is 21.0. The summed E-state index contributed by atoms with van der Waals surface area (Å²) in [7, 11) is 0. The number of nitrogens with zero attached hydrogens (tertiary/aromatic N) is 1. The van der Waals surface area contributed by atoms with Crippen molar-refractivity contribution in [3.8, 4) is 0 Å². The van der Waals surface area contributed by atoms with Crippen molar-refractivity contribution in [1.82, 2.24) is 10.2 Å². The highest BCUT2D eigenvalue weighted by Gasteiger charge is 2.48. The number of esters is 1. The van der Waals surface area contributed by atoms with Gasteiger partial charge >= 0.3 is 12.0 Å². The number of hydrogen-bond donors (Lipinski definition) is 2. The predicted octanol–water partition coefficient (Wildman–Crippen LogP) is 0.347. The lowest BCUT2D eigenvalue weighted by molar-refractivity contribution is -0.155. The zero-order chi connectivity index (χ0) is 18.6. The molecule has 1 aromatic rings. The van der Waals surface area contributed by atoms with Crippen LogP contribution in [0.1, 0.15) is 25.8 Å². The van der Waals surface area contributed by atoms with Crippen molar-refractivity contribution in [2.24, 2.45) is 5.73 Å². The third kappa shape index (κ3) is 4.34. The lowest BCUT2D eigenvalue weighted by Gasteiger charge is -2.21. The van der Waals surface area contributed by atoms with E-state index in [4.69, 9.17) is 10.5 Å². The molecule has 1 fully saturated rings. The molecule has 0 radical (unpaired) electrons. The molecule has 3 N–H and O–H groups in total. The highest BCUT2D eigenvalue weighted by atomic mass is 16.5. The maximum Gasteiger partial charge on any atom is 0.327 e. The Hall–Kier alpha value is -2.90. The Bertz CT molecular complexity index is 691. The van der Waals surface area contributed by atoms with Gasteiger partial charge in [0.15, 0.2) is 6.10 Å². The first-order valence-electron chi connectivity index (χ1n) is 7.90. The zero-order valence-corrected chi connectivity index (χ0v) is 14.2. The highest BCUT2D eigenvalue weighted by Crippen LogP contribution is 2.23. The van der Waals surface area contributed by atoms with Gasteiger partial charge in [0, 0.05) is 0 Å². The fourth-order valence-electron chi connectivity index (χ4n) is 2.52. The average molecular weight is 347 g/mol. The summed E-state index contributed by atoms with van der Waals surface area (Å²) in [6, 6.07) is 8.90. The SMILES string of the molecule is C[C@H](OC(=O)CN1C(=O)N[C@](C)(CCc2ccccc2)C1=O)C(N)=O. The number of rotatable bonds is 7. The van der Waals surface area contributed by atoms with E-state index in [-0.39, 0.29) is 0 Å². The van der Waals surface area contributed by atoms with Gasteiger partial charge < -0.3 is 15.8 Å². The van der Waals surface area contributed by atoms with Crippen LogP contribution in [-0.2, 0) is 25.5 Å². The van der Waals surface area contributed by atoms with Crippen molar-refractivity contribution < 1.29 is 23.9 Å². The van der Waals surface area contributed by atoms with E-state index in [0.717, 1.165) is 10.5 Å². The number of ether oxygens (including phenoxy) is 1. The number of hydrogen-bond acceptors (Lipinski definition) is 5. The lowest BCUT2D eigenvalue weighted by Crippen LogP contribution is -2.45. The quantitative estimate of drug-likeness (QED) is 0.545. The molecule has 2 rings (SSSR count). The molecule has 1 aliphatic heterocycles. The second-order valence-electron chi connectivity index (χ2n) is 6.17. The largest absolute Gasteiger partial charge is 0.451 e. The Labute approximate surface area is 145 Å². The van der Waals surface area contributed by atoms with Crippen LogP contribution in [0, 0.1) is 0 Å². The van der Waals surface area contributed by atoms with E-state index >= 15 is 0 Å². The summed E-state index contributed by atoms with van der Waals surface area (Å²) < 4.78 is 4.78. The van der Waals surface area contributed by atoms with Crippen molar-refractivity contribution in [1.29, 1.82) is 0 Å². The van der Waals surface area contributed by atoms with Gasteiger partial charge in [-0.2, -0.15) is 0 Å². The second-order valence-corrected chi connectivity index (χ2v) is 6.17. The van der Waals surface area contributed by atoms with E-state index in [1.807, 2.05) is 30.3 Å². The van der Waals surface area contributed by atoms with Gasteiger partial charge in [-0.05, 0) is 32.3 Å². The van der Waals surface area contributed by atoms with E-state index in [1.54, 1.807) is 6.92 Å². The van der Waals surface area contributed by atoms with Crippen LogP contribution >= 0.6 is 0 Å². The Kier molecular flexibility index (Phi) is 5.41. The molecule has 0 aromatic heterocycles. The third-order valence-corrected chi connectivity index (χ3v) is 4.10. The van der Waals surface area contributed by atoms with Crippen molar-refractivity contribution in [2.75, 3.05) is 6.54 Å². The molecule has 8 nitrogen and oxygen atoms in total. The van der Waals surface area contributed by atoms with Crippen LogP contribution in [-0.4, -0.2) is 46.9 Å². The van der Waals surface area contributed by atoms with Crippen LogP contribution in [0.5, 0.6) is 0 Å². The van der Waals surface area contributed by atoms with Crippen molar-refractivity contribution in [3.63, 3.8) is 0 Å². The summed E-state index contributed by atoms with van der Waals surface area (Å²) in [5.74, 6) is -2.18. The molecule has 0 bridgehead atoms. The molecular formula is C17H21N3O5. The summed E-state index contributed by atoms with van der Waals surface area (Å²) in [5, 5.41) is 2.62. The van der Waals surface area contributed by atoms with Crippen molar-refractivity contribution in [3.05, 3.63) is 35.9 Å². The first-order valence-corrected chi connectivity index (χ1v) is 7.90. The molecule has 1 aliphatic rings. The summed E-state index contributed by atoms with van der Waals surface area (Å²) in [6.07, 6.45) is -0.136. The molecule has 2 atom stereocenters. The number of urea groups is 1. The molecule has 1 heterocycles. The maximum atomic E-state index is 12.6. The highest BCUT2D eigenvalue weighted by molar-refractivity contribution is 6.08. The number of imide groups is 1. The van der Waals surface area contributed by atoms with Crippen molar-refractivity contribution in [2.45, 2.75) is 38.3 Å². The van der Waals surface area contributed by atoms with Crippen LogP contribution in [0.25, 0.3) is 0 Å². The Morgan fingerprint density at radius 2 is 1.92 bits per heavy atom. The molecule has 0 saturated carbocycles. The molecule has 134 valence electrons. The fraction of sp³-hybridized carbons (Fsp3) is 0.412. The lowest BCUT2D eigenvalue weighted by atomic mass is 9.93. The fourth-order valence-corrected chi connectivity index (χ4v) is 2.52. The average Bonchev–Trinajstić information content (AvgIpc) is 2.77. The first kappa shape index (κ1) is 18.4. The van der Waals surface area contributed by atoms with Gasteiger partial charge in [-0.15, -0.1) is 0 Å². The van der Waals surface area contributed by atoms with E-state index < -0.39 is 42.0 Å². The van der Waals surface area contributed by atoms with Gasteiger partial charge in [-0.25, -0.2) is 4.79 Å². The molecule has 1 saturated heterocycles. The minimum Gasteiger partial charge on any atom is -0.451 e. The molecule has 0 unspecified atom stereocenters. The predicted molar refractivity (Wildman–Crippen MR) is 88.2 cm³/mol. The van der Waals surface area contributed by atoms with Gasteiger partial charge in [-0.3, -0.25) is 19.3 Å². The Morgan fingerprint density at radius 1 is 1.28 bits per heavy atom. The van der Waals surface area contributed by atoms with E-state index in [0.29, 0.717) is 12.8 Å². The number of carbonyl (C=O) groups is 4. The van der Waals surface area contributed by atoms with Gasteiger partial charge in [0.1, 0.15) is 12.1 Å². The number of primary amides is 1. The third-order valence-electron chi connectivity index (χ3n) is 4.10. The van der Waals surface area contributed by atoms with Gasteiger partial charge in [0.25, 0.3) is 11.8 Å². The van der Waals surface area contributed by atoms with Crippen LogP contribution < -0.4 is 11.1 Å². The second kappa shape index (κ2) is 7.33. The van der Waals surface area contributed by atoms with E-state index in [1.165, 1.54) is 6.92 Å². The Morgan fingerprint density at radius 3 is 2.52 bits per heavy atom. The molecule has 25 heavy (non-hydrogen) atoms. The van der Waals surface area contributed by atoms with Gasteiger partial charge in [0.2, 0.25) is 0 Å². The molecule has 4 amide bonds. The number of amides is 4. The number of nitrogens with one attached hydrogen (secondary N) is 1.